The van der Waals surface area contributed by atoms with E-state index < -0.39 is 6.10 Å². The number of aliphatic hydroxyl groups excluding tert-OH is 1. The van der Waals surface area contributed by atoms with Gasteiger partial charge in [0.15, 0.2) is 0 Å². The molecule has 0 aliphatic carbocycles. The van der Waals surface area contributed by atoms with Gasteiger partial charge in [0.1, 0.15) is 11.9 Å². The smallest absolute Gasteiger partial charge is 0.226 e. The van der Waals surface area contributed by atoms with Crippen LogP contribution in [0.2, 0.25) is 0 Å². The van der Waals surface area contributed by atoms with E-state index in [1.54, 1.807) is 12.4 Å². The summed E-state index contributed by atoms with van der Waals surface area (Å²) in [5, 5.41) is 13.3. The predicted molar refractivity (Wildman–Crippen MR) is 92.4 cm³/mol. The monoisotopic (exact) mass is 321 g/mol. The molecule has 0 fully saturated rings. The molecule has 0 bridgehead atoms. The molecule has 122 valence electrons. The zero-order valence-electron chi connectivity index (χ0n) is 13.2. The molecule has 24 heavy (non-hydrogen) atoms. The number of hydrogen-bond donors (Lipinski definition) is 2. The van der Waals surface area contributed by atoms with Crippen LogP contribution in [-0.2, 0) is 11.3 Å². The van der Waals surface area contributed by atoms with Gasteiger partial charge in [-0.15, -0.1) is 0 Å². The van der Waals surface area contributed by atoms with E-state index in [9.17, 15) is 9.90 Å². The number of aliphatic hydroxyl groups is 1. The topological polar surface area (TPSA) is 67.2 Å². The van der Waals surface area contributed by atoms with E-state index in [4.69, 9.17) is 0 Å². The highest BCUT2D eigenvalue weighted by atomic mass is 16.3. The van der Waals surface area contributed by atoms with Crippen molar-refractivity contribution in [2.24, 2.45) is 0 Å². The van der Waals surface area contributed by atoms with Crippen molar-refractivity contribution in [2.45, 2.75) is 19.1 Å². The fourth-order valence-corrected chi connectivity index (χ4v) is 2.51. The number of rotatable bonds is 6. The van der Waals surface area contributed by atoms with E-state index in [0.717, 1.165) is 11.3 Å². The number of nitrogens with one attached hydrogen (secondary N) is 1. The van der Waals surface area contributed by atoms with E-state index in [2.05, 4.69) is 10.3 Å². The first kappa shape index (κ1) is 16.0. The van der Waals surface area contributed by atoms with E-state index in [0.29, 0.717) is 18.8 Å². The number of aromatic nitrogens is 2. The van der Waals surface area contributed by atoms with Gasteiger partial charge < -0.3 is 15.0 Å². The average Bonchev–Trinajstić information content (AvgIpc) is 3.09. The minimum absolute atomic E-state index is 0.0740. The number of anilines is 1. The van der Waals surface area contributed by atoms with Gasteiger partial charge in [0.05, 0.1) is 0 Å². The van der Waals surface area contributed by atoms with E-state index >= 15 is 0 Å². The summed E-state index contributed by atoms with van der Waals surface area (Å²) < 4.78 is 1.81. The molecule has 2 aromatic carbocycles. The second kappa shape index (κ2) is 7.57. The van der Waals surface area contributed by atoms with Gasteiger partial charge in [-0.2, -0.15) is 0 Å². The summed E-state index contributed by atoms with van der Waals surface area (Å²) in [6.07, 6.45) is 2.91. The third-order valence-electron chi connectivity index (χ3n) is 3.74. The second-order valence-corrected chi connectivity index (χ2v) is 5.46. The van der Waals surface area contributed by atoms with Crippen molar-refractivity contribution in [2.75, 3.05) is 5.32 Å². The van der Waals surface area contributed by atoms with Crippen molar-refractivity contribution in [1.82, 2.24) is 9.55 Å². The lowest BCUT2D eigenvalue weighted by molar-refractivity contribution is -0.116. The Morgan fingerprint density at radius 3 is 2.46 bits per heavy atom. The van der Waals surface area contributed by atoms with Crippen LogP contribution in [0, 0.1) is 0 Å². The van der Waals surface area contributed by atoms with Crippen LogP contribution >= 0.6 is 0 Å². The first-order chi connectivity index (χ1) is 11.7. The second-order valence-electron chi connectivity index (χ2n) is 5.46. The quantitative estimate of drug-likeness (QED) is 0.733. The van der Waals surface area contributed by atoms with Gasteiger partial charge in [0, 0.05) is 31.0 Å². The molecule has 0 unspecified atom stereocenters. The normalized spacial score (nSPS) is 11.9. The molecule has 1 atom stereocenters. The summed E-state index contributed by atoms with van der Waals surface area (Å²) in [4.78, 5) is 16.3. The molecule has 3 aromatic rings. The number of carbonyl (C=O) groups is 1. The number of imidazole rings is 1. The van der Waals surface area contributed by atoms with Crippen LogP contribution in [0.1, 0.15) is 23.9 Å². The van der Waals surface area contributed by atoms with Crippen molar-refractivity contribution in [3.63, 3.8) is 0 Å². The van der Waals surface area contributed by atoms with E-state index in [1.807, 2.05) is 65.2 Å². The zero-order valence-corrected chi connectivity index (χ0v) is 13.2. The van der Waals surface area contributed by atoms with Crippen LogP contribution < -0.4 is 5.32 Å². The van der Waals surface area contributed by atoms with Crippen LogP contribution in [0.25, 0.3) is 0 Å². The lowest BCUT2D eigenvalue weighted by Gasteiger charge is -2.13. The third-order valence-corrected chi connectivity index (χ3v) is 3.74. The first-order valence-electron chi connectivity index (χ1n) is 7.83. The Hall–Kier alpha value is -2.92. The molecule has 5 heteroatoms. The van der Waals surface area contributed by atoms with Gasteiger partial charge in [-0.3, -0.25) is 4.79 Å². The molecule has 1 amide bonds. The van der Waals surface area contributed by atoms with E-state index in [1.165, 1.54) is 0 Å². The van der Waals surface area contributed by atoms with Gasteiger partial charge in [-0.05, 0) is 17.7 Å². The van der Waals surface area contributed by atoms with Gasteiger partial charge in [0.25, 0.3) is 0 Å². The van der Waals surface area contributed by atoms with Crippen molar-refractivity contribution < 1.29 is 9.90 Å². The predicted octanol–water partition coefficient (Wildman–Crippen LogP) is 2.99. The van der Waals surface area contributed by atoms with Crippen LogP contribution in [0.15, 0.2) is 73.1 Å². The number of para-hydroxylation sites is 1. The summed E-state index contributed by atoms with van der Waals surface area (Å²) in [7, 11) is 0. The third kappa shape index (κ3) is 3.88. The largest absolute Gasteiger partial charge is 0.380 e. The van der Waals surface area contributed by atoms with Crippen LogP contribution in [0.3, 0.4) is 0 Å². The van der Waals surface area contributed by atoms with Crippen molar-refractivity contribution >= 4 is 11.6 Å². The maximum atomic E-state index is 12.1. The molecule has 0 aliphatic heterocycles. The van der Waals surface area contributed by atoms with Crippen LogP contribution in [0.4, 0.5) is 5.69 Å². The maximum Gasteiger partial charge on any atom is 0.226 e. The average molecular weight is 321 g/mol. The van der Waals surface area contributed by atoms with Crippen molar-refractivity contribution in [1.29, 1.82) is 0 Å². The summed E-state index contributed by atoms with van der Waals surface area (Å²) in [6, 6.07) is 18.7. The Labute approximate surface area is 140 Å². The van der Waals surface area contributed by atoms with Crippen molar-refractivity contribution in [3.8, 4) is 0 Å². The molecule has 1 heterocycles. The van der Waals surface area contributed by atoms with Crippen LogP contribution in [-0.4, -0.2) is 20.6 Å². The minimum Gasteiger partial charge on any atom is -0.380 e. The summed E-state index contributed by atoms with van der Waals surface area (Å²) in [5.74, 6) is 0.462. The Kier molecular flexibility index (Phi) is 5.03. The summed E-state index contributed by atoms with van der Waals surface area (Å²) in [5.41, 5.74) is 1.55. The number of benzene rings is 2. The Bertz CT molecular complexity index is 785. The molecule has 0 radical (unpaired) electrons. The van der Waals surface area contributed by atoms with Gasteiger partial charge in [0.2, 0.25) is 5.91 Å². The standard InChI is InChI=1S/C19H19N3O2/c23-17(21-16-9-5-2-6-10-16)11-13-22-14-12-20-19(22)18(24)15-7-3-1-4-8-15/h1-10,12,14,18,24H,11,13H2,(H,21,23)/t18-/m1/s1. The molecule has 0 saturated heterocycles. The van der Waals surface area contributed by atoms with Crippen molar-refractivity contribution in [3.05, 3.63) is 84.4 Å². The molecule has 0 saturated carbocycles. The number of hydrogen-bond acceptors (Lipinski definition) is 3. The van der Waals surface area contributed by atoms with Gasteiger partial charge in [-0.25, -0.2) is 4.98 Å². The molecule has 3 rings (SSSR count). The van der Waals surface area contributed by atoms with Gasteiger partial charge in [-0.1, -0.05) is 48.5 Å². The highest BCUT2D eigenvalue weighted by Gasteiger charge is 2.16. The number of amides is 1. The number of carbonyl (C=O) groups excluding carboxylic acids is 1. The highest BCUT2D eigenvalue weighted by molar-refractivity contribution is 5.90. The zero-order chi connectivity index (χ0) is 16.8. The van der Waals surface area contributed by atoms with Crippen LogP contribution in [0.5, 0.6) is 0 Å². The SMILES string of the molecule is O=C(CCn1ccnc1[C@H](O)c1ccccc1)Nc1ccccc1. The van der Waals surface area contributed by atoms with Gasteiger partial charge >= 0.3 is 0 Å². The lowest BCUT2D eigenvalue weighted by atomic mass is 10.1. The van der Waals surface area contributed by atoms with E-state index in [-0.39, 0.29) is 5.91 Å². The molecular formula is C19H19N3O2. The number of aryl methyl sites for hydroxylation is 1. The molecule has 1 aromatic heterocycles. The summed E-state index contributed by atoms with van der Waals surface area (Å²) >= 11 is 0. The fraction of sp³-hybridized carbons (Fsp3) is 0.158. The molecule has 0 spiro atoms. The number of nitrogens with zero attached hydrogens (tertiary/aromatic N) is 2. The first-order valence-corrected chi connectivity index (χ1v) is 7.83. The Morgan fingerprint density at radius 1 is 1.08 bits per heavy atom. The molecular weight excluding hydrogens is 302 g/mol. The maximum absolute atomic E-state index is 12.1. The molecule has 2 N–H and O–H groups in total. The highest BCUT2D eigenvalue weighted by Crippen LogP contribution is 2.20. The Balaban J connectivity index is 1.62. The lowest BCUT2D eigenvalue weighted by Crippen LogP contribution is -2.16. The molecule has 5 nitrogen and oxygen atoms in total. The summed E-state index contributed by atoms with van der Waals surface area (Å²) in [6.45, 7) is 0.456. The fourth-order valence-electron chi connectivity index (χ4n) is 2.51. The molecule has 0 aliphatic rings. The Morgan fingerprint density at radius 2 is 1.75 bits per heavy atom. The minimum atomic E-state index is -0.807.